The molecule has 2 N–H and O–H groups in total. The standard InChI is InChI=1S/C13H22N2O2S/c1-9(2)13-15-11(8-18-13)6-12(17)14-7-10(3)4-5-16/h8-10,16H,4-7H2,1-3H3,(H,14,17). The number of aliphatic hydroxyl groups excluding tert-OH is 1. The van der Waals surface area contributed by atoms with Crippen molar-refractivity contribution in [3.05, 3.63) is 16.1 Å². The van der Waals surface area contributed by atoms with Crippen LogP contribution in [0.4, 0.5) is 0 Å². The largest absolute Gasteiger partial charge is 0.396 e. The Morgan fingerprint density at radius 1 is 1.50 bits per heavy atom. The molecule has 18 heavy (non-hydrogen) atoms. The molecule has 1 aromatic rings. The van der Waals surface area contributed by atoms with Gasteiger partial charge < -0.3 is 10.4 Å². The van der Waals surface area contributed by atoms with E-state index in [2.05, 4.69) is 24.1 Å². The summed E-state index contributed by atoms with van der Waals surface area (Å²) in [5, 5.41) is 14.7. The van der Waals surface area contributed by atoms with Crippen molar-refractivity contribution >= 4 is 17.2 Å². The molecule has 1 rings (SSSR count). The molecule has 0 aliphatic heterocycles. The number of nitrogens with one attached hydrogen (secondary N) is 1. The maximum atomic E-state index is 11.7. The minimum Gasteiger partial charge on any atom is -0.396 e. The third-order valence-corrected chi connectivity index (χ3v) is 3.87. The van der Waals surface area contributed by atoms with Crippen LogP contribution in [0.25, 0.3) is 0 Å². The number of carbonyl (C=O) groups excluding carboxylic acids is 1. The molecule has 0 aromatic carbocycles. The molecular formula is C13H22N2O2S. The molecule has 0 spiro atoms. The molecule has 1 atom stereocenters. The van der Waals surface area contributed by atoms with Crippen molar-refractivity contribution in [3.8, 4) is 0 Å². The highest BCUT2D eigenvalue weighted by atomic mass is 32.1. The molecule has 0 aliphatic carbocycles. The molecule has 0 fully saturated rings. The van der Waals surface area contributed by atoms with Crippen LogP contribution in [0.15, 0.2) is 5.38 Å². The Hall–Kier alpha value is -0.940. The van der Waals surface area contributed by atoms with E-state index in [9.17, 15) is 4.79 Å². The molecule has 1 heterocycles. The zero-order chi connectivity index (χ0) is 13.5. The minimum absolute atomic E-state index is 0.000367. The third kappa shape index (κ3) is 5.14. The fourth-order valence-electron chi connectivity index (χ4n) is 1.51. The Labute approximate surface area is 112 Å². The summed E-state index contributed by atoms with van der Waals surface area (Å²) in [4.78, 5) is 16.1. The van der Waals surface area contributed by atoms with Crippen LogP contribution in [0, 0.1) is 5.92 Å². The average molecular weight is 270 g/mol. The van der Waals surface area contributed by atoms with E-state index in [1.807, 2.05) is 12.3 Å². The quantitative estimate of drug-likeness (QED) is 0.796. The van der Waals surface area contributed by atoms with Gasteiger partial charge in [-0.15, -0.1) is 11.3 Å². The van der Waals surface area contributed by atoms with Crippen LogP contribution >= 0.6 is 11.3 Å². The Kier molecular flexibility index (Phi) is 6.29. The van der Waals surface area contributed by atoms with Gasteiger partial charge in [-0.25, -0.2) is 4.98 Å². The monoisotopic (exact) mass is 270 g/mol. The molecule has 102 valence electrons. The van der Waals surface area contributed by atoms with Crippen molar-refractivity contribution in [2.45, 2.75) is 39.5 Å². The van der Waals surface area contributed by atoms with Crippen LogP contribution < -0.4 is 5.32 Å². The lowest BCUT2D eigenvalue weighted by molar-refractivity contribution is -0.120. The molecule has 0 saturated carbocycles. The SMILES string of the molecule is CC(CCO)CNC(=O)Cc1csc(C(C)C)n1. The van der Waals surface area contributed by atoms with E-state index in [0.717, 1.165) is 10.7 Å². The van der Waals surface area contributed by atoms with Gasteiger partial charge in [0.2, 0.25) is 5.91 Å². The predicted molar refractivity (Wildman–Crippen MR) is 73.8 cm³/mol. The number of hydrogen-bond donors (Lipinski definition) is 2. The highest BCUT2D eigenvalue weighted by Gasteiger charge is 2.10. The van der Waals surface area contributed by atoms with E-state index in [1.165, 1.54) is 0 Å². The number of amides is 1. The van der Waals surface area contributed by atoms with E-state index in [0.29, 0.717) is 31.2 Å². The second-order valence-corrected chi connectivity index (χ2v) is 5.82. The summed E-state index contributed by atoms with van der Waals surface area (Å²) in [6.45, 7) is 6.98. The number of thiazole rings is 1. The first kappa shape index (κ1) is 15.1. The van der Waals surface area contributed by atoms with Crippen LogP contribution in [0.1, 0.15) is 43.8 Å². The Balaban J connectivity index is 2.35. The molecule has 0 radical (unpaired) electrons. The van der Waals surface area contributed by atoms with Gasteiger partial charge in [-0.1, -0.05) is 20.8 Å². The molecule has 4 nitrogen and oxygen atoms in total. The van der Waals surface area contributed by atoms with E-state index in [-0.39, 0.29) is 12.5 Å². The number of rotatable bonds is 7. The van der Waals surface area contributed by atoms with Gasteiger partial charge in [0.25, 0.3) is 0 Å². The summed E-state index contributed by atoms with van der Waals surface area (Å²) < 4.78 is 0. The molecular weight excluding hydrogens is 248 g/mol. The van der Waals surface area contributed by atoms with Gasteiger partial charge in [0.05, 0.1) is 17.1 Å². The first-order chi connectivity index (χ1) is 8.52. The van der Waals surface area contributed by atoms with Gasteiger partial charge in [0.15, 0.2) is 0 Å². The van der Waals surface area contributed by atoms with Gasteiger partial charge in [-0.05, 0) is 12.3 Å². The average Bonchev–Trinajstić information content (AvgIpc) is 2.75. The first-order valence-electron chi connectivity index (χ1n) is 6.34. The van der Waals surface area contributed by atoms with Gasteiger partial charge in [-0.3, -0.25) is 4.79 Å². The lowest BCUT2D eigenvalue weighted by atomic mass is 10.1. The Morgan fingerprint density at radius 3 is 2.78 bits per heavy atom. The second kappa shape index (κ2) is 7.48. The normalized spacial score (nSPS) is 12.7. The predicted octanol–water partition coefficient (Wildman–Crippen LogP) is 1.94. The van der Waals surface area contributed by atoms with Gasteiger partial charge in [0.1, 0.15) is 0 Å². The summed E-state index contributed by atoms with van der Waals surface area (Å²) in [6, 6.07) is 0. The second-order valence-electron chi connectivity index (χ2n) is 4.93. The molecule has 0 bridgehead atoms. The van der Waals surface area contributed by atoms with Crippen LogP contribution in [-0.4, -0.2) is 29.1 Å². The molecule has 0 aliphatic rings. The summed E-state index contributed by atoms with van der Waals surface area (Å²) >= 11 is 1.61. The lowest BCUT2D eigenvalue weighted by Crippen LogP contribution is -2.30. The fourth-order valence-corrected chi connectivity index (χ4v) is 2.34. The fraction of sp³-hybridized carbons (Fsp3) is 0.692. The van der Waals surface area contributed by atoms with Crippen LogP contribution in [-0.2, 0) is 11.2 Å². The van der Waals surface area contributed by atoms with Crippen LogP contribution in [0.3, 0.4) is 0 Å². The highest BCUT2D eigenvalue weighted by molar-refractivity contribution is 7.09. The van der Waals surface area contributed by atoms with Crippen molar-refractivity contribution in [3.63, 3.8) is 0 Å². The van der Waals surface area contributed by atoms with Crippen molar-refractivity contribution in [1.29, 1.82) is 0 Å². The number of aliphatic hydroxyl groups is 1. The minimum atomic E-state index is 0.000367. The van der Waals surface area contributed by atoms with E-state index in [4.69, 9.17) is 5.11 Å². The Bertz CT molecular complexity index is 377. The summed E-state index contributed by atoms with van der Waals surface area (Å²) in [5.74, 6) is 0.720. The highest BCUT2D eigenvalue weighted by Crippen LogP contribution is 2.19. The maximum Gasteiger partial charge on any atom is 0.226 e. The summed E-state index contributed by atoms with van der Waals surface area (Å²) in [5.41, 5.74) is 0.844. The van der Waals surface area contributed by atoms with Crippen LogP contribution in [0.2, 0.25) is 0 Å². The molecule has 1 amide bonds. The molecule has 5 heteroatoms. The summed E-state index contributed by atoms with van der Waals surface area (Å²) in [7, 11) is 0. The number of hydrogen-bond acceptors (Lipinski definition) is 4. The van der Waals surface area contributed by atoms with Crippen molar-refractivity contribution in [2.24, 2.45) is 5.92 Å². The number of nitrogens with zero attached hydrogens (tertiary/aromatic N) is 1. The zero-order valence-electron chi connectivity index (χ0n) is 11.3. The smallest absolute Gasteiger partial charge is 0.226 e. The first-order valence-corrected chi connectivity index (χ1v) is 7.22. The molecule has 1 unspecified atom stereocenters. The van der Waals surface area contributed by atoms with Gasteiger partial charge in [-0.2, -0.15) is 0 Å². The lowest BCUT2D eigenvalue weighted by Gasteiger charge is -2.10. The maximum absolute atomic E-state index is 11.7. The third-order valence-electron chi connectivity index (χ3n) is 2.67. The van der Waals surface area contributed by atoms with Crippen molar-refractivity contribution < 1.29 is 9.90 Å². The summed E-state index contributed by atoms with van der Waals surface area (Å²) in [6.07, 6.45) is 1.06. The van der Waals surface area contributed by atoms with Gasteiger partial charge >= 0.3 is 0 Å². The molecule has 1 aromatic heterocycles. The number of carbonyl (C=O) groups is 1. The Morgan fingerprint density at radius 2 is 2.22 bits per heavy atom. The zero-order valence-corrected chi connectivity index (χ0v) is 12.1. The van der Waals surface area contributed by atoms with E-state index >= 15 is 0 Å². The van der Waals surface area contributed by atoms with Gasteiger partial charge in [0, 0.05) is 24.4 Å². The van der Waals surface area contributed by atoms with Crippen LogP contribution in [0.5, 0.6) is 0 Å². The molecule has 0 saturated heterocycles. The van der Waals surface area contributed by atoms with Crippen molar-refractivity contribution in [1.82, 2.24) is 10.3 Å². The topological polar surface area (TPSA) is 62.2 Å². The van der Waals surface area contributed by atoms with E-state index in [1.54, 1.807) is 11.3 Å². The van der Waals surface area contributed by atoms with E-state index < -0.39 is 0 Å². The van der Waals surface area contributed by atoms with Crippen molar-refractivity contribution in [2.75, 3.05) is 13.2 Å². The number of aromatic nitrogens is 1.